The van der Waals surface area contributed by atoms with Gasteiger partial charge in [-0.25, -0.2) is 0 Å². The summed E-state index contributed by atoms with van der Waals surface area (Å²) in [4.78, 5) is 12.4. The molecule has 1 N–H and O–H groups in total. The van der Waals surface area contributed by atoms with Gasteiger partial charge in [0, 0.05) is 36.8 Å². The van der Waals surface area contributed by atoms with Gasteiger partial charge in [-0.3, -0.25) is 4.79 Å². The third-order valence-corrected chi connectivity index (χ3v) is 5.91. The molecule has 0 unspecified atom stereocenters. The van der Waals surface area contributed by atoms with Gasteiger partial charge >= 0.3 is 0 Å². The zero-order chi connectivity index (χ0) is 18.1. The fourth-order valence-electron chi connectivity index (χ4n) is 4.54. The molecule has 1 aromatic heterocycles. The first-order valence-electron chi connectivity index (χ1n) is 9.70. The van der Waals surface area contributed by atoms with E-state index in [4.69, 9.17) is 9.47 Å². The van der Waals surface area contributed by atoms with Crippen LogP contribution in [0.4, 0.5) is 0 Å². The minimum absolute atomic E-state index is 0.0766. The van der Waals surface area contributed by atoms with Crippen molar-refractivity contribution in [2.24, 2.45) is 7.05 Å². The maximum absolute atomic E-state index is 12.4. The van der Waals surface area contributed by atoms with Crippen molar-refractivity contribution in [2.75, 3.05) is 13.7 Å². The molecule has 1 aliphatic heterocycles. The van der Waals surface area contributed by atoms with Crippen LogP contribution in [0.3, 0.4) is 0 Å². The second-order valence-electron chi connectivity index (χ2n) is 7.65. The van der Waals surface area contributed by atoms with Crippen molar-refractivity contribution in [1.82, 2.24) is 9.88 Å². The van der Waals surface area contributed by atoms with E-state index in [-0.39, 0.29) is 18.1 Å². The topological polar surface area (TPSA) is 52.5 Å². The molecule has 26 heavy (non-hydrogen) atoms. The number of hydrogen-bond acceptors (Lipinski definition) is 3. The minimum atomic E-state index is -0.239. The molecule has 1 aromatic carbocycles. The highest BCUT2D eigenvalue weighted by atomic mass is 16.5. The molecule has 4 rings (SSSR count). The quantitative estimate of drug-likeness (QED) is 0.912. The van der Waals surface area contributed by atoms with E-state index in [1.165, 1.54) is 22.9 Å². The van der Waals surface area contributed by atoms with Crippen molar-refractivity contribution >= 4 is 16.8 Å². The fraction of sp³-hybridized carbons (Fsp3) is 0.571. The van der Waals surface area contributed by atoms with Gasteiger partial charge in [0.2, 0.25) is 5.91 Å². The van der Waals surface area contributed by atoms with Gasteiger partial charge in [-0.05, 0) is 61.8 Å². The van der Waals surface area contributed by atoms with Crippen molar-refractivity contribution in [1.29, 1.82) is 0 Å². The summed E-state index contributed by atoms with van der Waals surface area (Å²) >= 11 is 0. The van der Waals surface area contributed by atoms with E-state index < -0.39 is 0 Å². The first-order chi connectivity index (χ1) is 12.7. The van der Waals surface area contributed by atoms with Crippen molar-refractivity contribution in [3.05, 3.63) is 30.0 Å². The Bertz CT molecular complexity index is 792. The molecule has 2 aromatic rings. The number of benzene rings is 1. The van der Waals surface area contributed by atoms with Crippen molar-refractivity contribution in [2.45, 2.75) is 56.6 Å². The van der Waals surface area contributed by atoms with Crippen LogP contribution in [0.5, 0.6) is 5.75 Å². The minimum Gasteiger partial charge on any atom is -0.497 e. The molecule has 0 spiro atoms. The van der Waals surface area contributed by atoms with Crippen molar-refractivity contribution < 1.29 is 14.3 Å². The highest BCUT2D eigenvalue weighted by Gasteiger charge is 2.30. The number of aryl methyl sites for hydroxylation is 1. The molecule has 2 fully saturated rings. The number of ether oxygens (including phenoxy) is 2. The Kier molecular flexibility index (Phi) is 4.90. The molecular formula is C21H28N2O3. The summed E-state index contributed by atoms with van der Waals surface area (Å²) in [5.41, 5.74) is 2.60. The number of nitrogens with one attached hydrogen (secondary N) is 1. The Balaban J connectivity index is 1.52. The van der Waals surface area contributed by atoms with Crippen LogP contribution in [-0.4, -0.2) is 36.3 Å². The summed E-state index contributed by atoms with van der Waals surface area (Å²) in [5.74, 6) is 1.44. The number of fused-ring (bicyclic) bond motifs is 1. The number of carbonyl (C=O) groups excluding carboxylic acids is 1. The summed E-state index contributed by atoms with van der Waals surface area (Å²) in [6, 6.07) is 6.51. The summed E-state index contributed by atoms with van der Waals surface area (Å²) < 4.78 is 13.1. The third-order valence-electron chi connectivity index (χ3n) is 5.91. The second-order valence-corrected chi connectivity index (χ2v) is 7.65. The number of amides is 1. The summed E-state index contributed by atoms with van der Waals surface area (Å²) in [7, 11) is 3.80. The van der Waals surface area contributed by atoms with Gasteiger partial charge in [0.1, 0.15) is 11.9 Å². The first kappa shape index (κ1) is 17.4. The molecule has 0 radical (unpaired) electrons. The molecule has 140 valence electrons. The molecule has 1 saturated heterocycles. The summed E-state index contributed by atoms with van der Waals surface area (Å²) in [6.07, 6.45) is 8.21. The predicted molar refractivity (Wildman–Crippen MR) is 102 cm³/mol. The van der Waals surface area contributed by atoms with Gasteiger partial charge in [-0.1, -0.05) is 6.42 Å². The first-order valence-corrected chi connectivity index (χ1v) is 9.70. The van der Waals surface area contributed by atoms with Crippen LogP contribution in [0.25, 0.3) is 10.9 Å². The van der Waals surface area contributed by atoms with E-state index in [0.29, 0.717) is 12.5 Å². The lowest BCUT2D eigenvalue weighted by Gasteiger charge is -2.30. The number of nitrogens with zero attached hydrogens (tertiary/aromatic N) is 1. The van der Waals surface area contributed by atoms with Gasteiger partial charge in [0.05, 0.1) is 7.11 Å². The monoisotopic (exact) mass is 356 g/mol. The molecule has 2 heterocycles. The zero-order valence-electron chi connectivity index (χ0n) is 15.7. The molecule has 5 nitrogen and oxygen atoms in total. The van der Waals surface area contributed by atoms with Gasteiger partial charge in [-0.2, -0.15) is 0 Å². The average molecular weight is 356 g/mol. The molecule has 1 saturated carbocycles. The number of carbonyl (C=O) groups is 1. The highest BCUT2D eigenvalue weighted by Crippen LogP contribution is 2.38. The summed E-state index contributed by atoms with van der Waals surface area (Å²) in [5, 5.41) is 4.51. The Morgan fingerprint density at radius 3 is 2.92 bits per heavy atom. The number of hydrogen-bond donors (Lipinski definition) is 1. The van der Waals surface area contributed by atoms with E-state index in [0.717, 1.165) is 37.9 Å². The normalized spacial score (nSPS) is 26.2. The van der Waals surface area contributed by atoms with Crippen molar-refractivity contribution in [3.63, 3.8) is 0 Å². The number of aromatic nitrogens is 1. The van der Waals surface area contributed by atoms with E-state index in [9.17, 15) is 4.79 Å². The predicted octanol–water partition coefficient (Wildman–Crippen LogP) is 3.51. The van der Waals surface area contributed by atoms with Crippen LogP contribution in [0.2, 0.25) is 0 Å². The van der Waals surface area contributed by atoms with E-state index >= 15 is 0 Å². The van der Waals surface area contributed by atoms with Crippen LogP contribution >= 0.6 is 0 Å². The van der Waals surface area contributed by atoms with Crippen LogP contribution in [-0.2, 0) is 16.6 Å². The SMILES string of the molecule is COc1ccc2c(c1)c([C@@H]1CCC[C@H](NC(=O)[C@@H]3CCCO3)C1)cn2C. The van der Waals surface area contributed by atoms with E-state index in [2.05, 4.69) is 35.3 Å². The summed E-state index contributed by atoms with van der Waals surface area (Å²) in [6.45, 7) is 0.712. The second kappa shape index (κ2) is 7.31. The maximum atomic E-state index is 12.4. The van der Waals surface area contributed by atoms with Crippen LogP contribution in [0.1, 0.15) is 50.0 Å². The largest absolute Gasteiger partial charge is 0.497 e. The highest BCUT2D eigenvalue weighted by molar-refractivity contribution is 5.86. The Morgan fingerprint density at radius 1 is 1.27 bits per heavy atom. The molecule has 5 heteroatoms. The lowest BCUT2D eigenvalue weighted by atomic mass is 9.81. The number of methoxy groups -OCH3 is 1. The Labute approximate surface area is 154 Å². The molecule has 1 amide bonds. The molecule has 2 aliphatic rings. The van der Waals surface area contributed by atoms with Crippen LogP contribution in [0, 0.1) is 0 Å². The lowest BCUT2D eigenvalue weighted by Crippen LogP contribution is -2.43. The maximum Gasteiger partial charge on any atom is 0.249 e. The Morgan fingerprint density at radius 2 is 2.15 bits per heavy atom. The fourth-order valence-corrected chi connectivity index (χ4v) is 4.54. The average Bonchev–Trinajstić information content (AvgIpc) is 3.30. The van der Waals surface area contributed by atoms with Crippen LogP contribution in [0.15, 0.2) is 24.4 Å². The molecule has 1 aliphatic carbocycles. The molecule has 0 bridgehead atoms. The number of rotatable bonds is 4. The van der Waals surface area contributed by atoms with Crippen molar-refractivity contribution in [3.8, 4) is 5.75 Å². The molecular weight excluding hydrogens is 328 g/mol. The van der Waals surface area contributed by atoms with Gasteiger partial charge in [-0.15, -0.1) is 0 Å². The van der Waals surface area contributed by atoms with E-state index in [1.807, 2.05) is 6.07 Å². The molecule has 3 atom stereocenters. The Hall–Kier alpha value is -2.01. The van der Waals surface area contributed by atoms with Gasteiger partial charge < -0.3 is 19.4 Å². The van der Waals surface area contributed by atoms with Crippen LogP contribution < -0.4 is 10.1 Å². The lowest BCUT2D eigenvalue weighted by molar-refractivity contribution is -0.131. The van der Waals surface area contributed by atoms with Gasteiger partial charge in [0.25, 0.3) is 0 Å². The smallest absolute Gasteiger partial charge is 0.249 e. The zero-order valence-corrected chi connectivity index (χ0v) is 15.7. The van der Waals surface area contributed by atoms with Gasteiger partial charge in [0.15, 0.2) is 0 Å². The standard InChI is InChI=1S/C21H28N2O3/c1-23-13-18(17-12-16(25-2)8-9-19(17)23)14-5-3-6-15(11-14)22-21(24)20-7-4-10-26-20/h8-9,12-15,20H,3-7,10-11H2,1-2H3,(H,22,24)/t14-,15+,20+/m1/s1. The third kappa shape index (κ3) is 3.32. The van der Waals surface area contributed by atoms with E-state index in [1.54, 1.807) is 7.11 Å².